The summed E-state index contributed by atoms with van der Waals surface area (Å²) in [6.07, 6.45) is 3.33. The van der Waals surface area contributed by atoms with Gasteiger partial charge in [0.2, 0.25) is 5.88 Å². The number of carbonyl (C=O) groups is 1. The van der Waals surface area contributed by atoms with Crippen LogP contribution in [-0.4, -0.2) is 31.2 Å². The Kier molecular flexibility index (Phi) is 5.97. The number of carbonyl (C=O) groups excluding carboxylic acids is 1. The molecule has 1 aromatic carbocycles. The zero-order valence-corrected chi connectivity index (χ0v) is 13.7. The molecule has 1 unspecified atom stereocenters. The number of hydrogen-bond donors (Lipinski definition) is 1. The molecule has 5 nitrogen and oxygen atoms in total. The Labute approximate surface area is 136 Å². The van der Waals surface area contributed by atoms with Crippen LogP contribution in [0.4, 0.5) is 0 Å². The summed E-state index contributed by atoms with van der Waals surface area (Å²) in [6, 6.07) is 11.4. The molecule has 23 heavy (non-hydrogen) atoms. The molecular weight excluding hydrogens is 292 g/mol. The van der Waals surface area contributed by atoms with Crippen LogP contribution in [0.5, 0.6) is 11.6 Å². The maximum atomic E-state index is 12.3. The minimum atomic E-state index is -0.169. The van der Waals surface area contributed by atoms with E-state index in [0.29, 0.717) is 11.4 Å². The van der Waals surface area contributed by atoms with Crippen LogP contribution in [0, 0.1) is 0 Å². The standard InChI is InChI=1S/C18H22N2O3/c1-13(6-7-14-8-10-15(22-2)11-9-14)20-17(21)16-5-4-12-19-18(16)23-3/h4-5,8-13H,6-7H2,1-3H3,(H,20,21). The van der Waals surface area contributed by atoms with E-state index in [1.807, 2.05) is 31.2 Å². The predicted octanol–water partition coefficient (Wildman–Crippen LogP) is 2.85. The number of nitrogens with one attached hydrogen (secondary N) is 1. The van der Waals surface area contributed by atoms with Gasteiger partial charge >= 0.3 is 0 Å². The fourth-order valence-electron chi connectivity index (χ4n) is 2.28. The van der Waals surface area contributed by atoms with Crippen molar-refractivity contribution in [1.82, 2.24) is 10.3 Å². The minimum absolute atomic E-state index is 0.0505. The number of ether oxygens (including phenoxy) is 2. The number of rotatable bonds is 7. The van der Waals surface area contributed by atoms with Crippen molar-refractivity contribution in [2.24, 2.45) is 0 Å². The van der Waals surface area contributed by atoms with Crippen molar-refractivity contribution in [3.63, 3.8) is 0 Å². The highest BCUT2D eigenvalue weighted by Gasteiger charge is 2.15. The number of benzene rings is 1. The maximum absolute atomic E-state index is 12.3. The van der Waals surface area contributed by atoms with Gasteiger partial charge in [-0.05, 0) is 49.6 Å². The molecule has 122 valence electrons. The summed E-state index contributed by atoms with van der Waals surface area (Å²) in [6.45, 7) is 1.99. The van der Waals surface area contributed by atoms with Gasteiger partial charge in [-0.15, -0.1) is 0 Å². The molecule has 0 fully saturated rings. The van der Waals surface area contributed by atoms with Crippen LogP contribution < -0.4 is 14.8 Å². The number of pyridine rings is 1. The van der Waals surface area contributed by atoms with Gasteiger partial charge in [0.25, 0.3) is 5.91 Å². The van der Waals surface area contributed by atoms with Gasteiger partial charge in [-0.1, -0.05) is 12.1 Å². The van der Waals surface area contributed by atoms with Crippen molar-refractivity contribution in [1.29, 1.82) is 0 Å². The molecule has 0 spiro atoms. The Hall–Kier alpha value is -2.56. The Morgan fingerprint density at radius 3 is 2.57 bits per heavy atom. The van der Waals surface area contributed by atoms with Crippen molar-refractivity contribution in [3.05, 3.63) is 53.7 Å². The number of hydrogen-bond acceptors (Lipinski definition) is 4. The van der Waals surface area contributed by atoms with Crippen LogP contribution in [0.3, 0.4) is 0 Å². The highest BCUT2D eigenvalue weighted by Crippen LogP contribution is 2.15. The summed E-state index contributed by atoms with van der Waals surface area (Å²) in [5, 5.41) is 2.98. The fraction of sp³-hybridized carbons (Fsp3) is 0.333. The monoisotopic (exact) mass is 314 g/mol. The second-order valence-electron chi connectivity index (χ2n) is 5.32. The lowest BCUT2D eigenvalue weighted by Gasteiger charge is -2.15. The third-order valence-electron chi connectivity index (χ3n) is 3.61. The summed E-state index contributed by atoms with van der Waals surface area (Å²) >= 11 is 0. The van der Waals surface area contributed by atoms with Crippen LogP contribution in [0.15, 0.2) is 42.6 Å². The van der Waals surface area contributed by atoms with Crippen LogP contribution in [0.2, 0.25) is 0 Å². The molecule has 0 aliphatic carbocycles. The number of methoxy groups -OCH3 is 2. The van der Waals surface area contributed by atoms with Crippen molar-refractivity contribution >= 4 is 5.91 Å². The Balaban J connectivity index is 1.88. The quantitative estimate of drug-likeness (QED) is 0.853. The molecule has 1 amide bonds. The van der Waals surface area contributed by atoms with E-state index in [1.54, 1.807) is 25.4 Å². The molecular formula is C18H22N2O3. The molecule has 1 atom stereocenters. The van der Waals surface area contributed by atoms with E-state index < -0.39 is 0 Å². The summed E-state index contributed by atoms with van der Waals surface area (Å²) in [7, 11) is 3.16. The molecule has 0 aliphatic rings. The highest BCUT2D eigenvalue weighted by molar-refractivity contribution is 5.96. The molecule has 1 aromatic heterocycles. The summed E-state index contributed by atoms with van der Waals surface area (Å²) in [5.74, 6) is 1.02. The molecule has 2 rings (SSSR count). The molecule has 0 saturated heterocycles. The molecule has 1 heterocycles. The number of nitrogens with zero attached hydrogens (tertiary/aromatic N) is 1. The van der Waals surface area contributed by atoms with Crippen molar-refractivity contribution in [2.75, 3.05) is 14.2 Å². The molecule has 0 aliphatic heterocycles. The molecule has 0 radical (unpaired) electrons. The Bertz CT molecular complexity index is 641. The van der Waals surface area contributed by atoms with Gasteiger partial charge in [0.15, 0.2) is 0 Å². The van der Waals surface area contributed by atoms with Gasteiger partial charge in [0, 0.05) is 12.2 Å². The largest absolute Gasteiger partial charge is 0.497 e. The Morgan fingerprint density at radius 2 is 1.91 bits per heavy atom. The zero-order valence-electron chi connectivity index (χ0n) is 13.7. The number of amides is 1. The van der Waals surface area contributed by atoms with Crippen LogP contribution in [0.1, 0.15) is 29.3 Å². The topological polar surface area (TPSA) is 60.5 Å². The summed E-state index contributed by atoms with van der Waals surface area (Å²) in [5.41, 5.74) is 1.66. The maximum Gasteiger partial charge on any atom is 0.256 e. The van der Waals surface area contributed by atoms with Gasteiger partial charge in [-0.3, -0.25) is 4.79 Å². The molecule has 2 aromatic rings. The van der Waals surface area contributed by atoms with E-state index in [4.69, 9.17) is 9.47 Å². The average Bonchev–Trinajstić information content (AvgIpc) is 2.60. The van der Waals surface area contributed by atoms with E-state index in [-0.39, 0.29) is 11.9 Å². The lowest BCUT2D eigenvalue weighted by molar-refractivity contribution is 0.0934. The lowest BCUT2D eigenvalue weighted by Crippen LogP contribution is -2.33. The van der Waals surface area contributed by atoms with Gasteiger partial charge in [-0.25, -0.2) is 4.98 Å². The molecule has 0 saturated carbocycles. The first-order valence-electron chi connectivity index (χ1n) is 7.57. The second-order valence-corrected chi connectivity index (χ2v) is 5.32. The van der Waals surface area contributed by atoms with Gasteiger partial charge in [-0.2, -0.15) is 0 Å². The number of aromatic nitrogens is 1. The van der Waals surface area contributed by atoms with Crippen LogP contribution in [0.25, 0.3) is 0 Å². The molecule has 1 N–H and O–H groups in total. The highest BCUT2D eigenvalue weighted by atomic mass is 16.5. The smallest absolute Gasteiger partial charge is 0.256 e. The first kappa shape index (κ1) is 16.8. The molecule has 0 bridgehead atoms. The van der Waals surface area contributed by atoms with Gasteiger partial charge in [0.1, 0.15) is 11.3 Å². The summed E-state index contributed by atoms with van der Waals surface area (Å²) < 4.78 is 10.3. The van der Waals surface area contributed by atoms with Gasteiger partial charge in [0.05, 0.1) is 14.2 Å². The molecule has 5 heteroatoms. The normalized spacial score (nSPS) is 11.6. The fourth-order valence-corrected chi connectivity index (χ4v) is 2.28. The first-order chi connectivity index (χ1) is 11.1. The van der Waals surface area contributed by atoms with E-state index >= 15 is 0 Å². The van der Waals surface area contributed by atoms with Crippen LogP contribution in [-0.2, 0) is 6.42 Å². The van der Waals surface area contributed by atoms with E-state index in [2.05, 4.69) is 10.3 Å². The minimum Gasteiger partial charge on any atom is -0.497 e. The van der Waals surface area contributed by atoms with Crippen LogP contribution >= 0.6 is 0 Å². The average molecular weight is 314 g/mol. The van der Waals surface area contributed by atoms with E-state index in [1.165, 1.54) is 12.7 Å². The van der Waals surface area contributed by atoms with Gasteiger partial charge < -0.3 is 14.8 Å². The van der Waals surface area contributed by atoms with E-state index in [0.717, 1.165) is 18.6 Å². The van der Waals surface area contributed by atoms with E-state index in [9.17, 15) is 4.79 Å². The third-order valence-corrected chi connectivity index (χ3v) is 3.61. The number of aryl methyl sites for hydroxylation is 1. The lowest BCUT2D eigenvalue weighted by atomic mass is 10.1. The van der Waals surface area contributed by atoms with Crippen molar-refractivity contribution in [2.45, 2.75) is 25.8 Å². The SMILES string of the molecule is COc1ccc(CCC(C)NC(=O)c2cccnc2OC)cc1. The third kappa shape index (κ3) is 4.71. The Morgan fingerprint density at radius 1 is 1.17 bits per heavy atom. The zero-order chi connectivity index (χ0) is 16.7. The predicted molar refractivity (Wildman–Crippen MR) is 89.0 cm³/mol. The van der Waals surface area contributed by atoms with Crippen molar-refractivity contribution < 1.29 is 14.3 Å². The summed E-state index contributed by atoms with van der Waals surface area (Å²) in [4.78, 5) is 16.3. The van der Waals surface area contributed by atoms with Crippen molar-refractivity contribution in [3.8, 4) is 11.6 Å². The first-order valence-corrected chi connectivity index (χ1v) is 7.57. The second kappa shape index (κ2) is 8.17.